The zero-order chi connectivity index (χ0) is 13.6. The highest BCUT2D eigenvalue weighted by Gasteiger charge is 2.32. The Morgan fingerprint density at radius 2 is 2.11 bits per heavy atom. The number of aryl methyl sites for hydroxylation is 1. The Morgan fingerprint density at radius 1 is 1.37 bits per heavy atom. The SMILES string of the molecule is Cc1cc(O)c2c(c1F)C(C=O)c1ccccc1O2. The van der Waals surface area contributed by atoms with Crippen LogP contribution in [0.2, 0.25) is 0 Å². The largest absolute Gasteiger partial charge is 0.504 e. The molecule has 1 heterocycles. The number of hydrogen-bond acceptors (Lipinski definition) is 3. The highest BCUT2D eigenvalue weighted by molar-refractivity contribution is 5.76. The van der Waals surface area contributed by atoms with Gasteiger partial charge in [0.15, 0.2) is 11.5 Å². The maximum Gasteiger partial charge on any atom is 0.176 e. The van der Waals surface area contributed by atoms with Crippen molar-refractivity contribution in [2.45, 2.75) is 12.8 Å². The Morgan fingerprint density at radius 3 is 2.84 bits per heavy atom. The van der Waals surface area contributed by atoms with Gasteiger partial charge < -0.3 is 14.6 Å². The van der Waals surface area contributed by atoms with Gasteiger partial charge in [0.25, 0.3) is 0 Å². The van der Waals surface area contributed by atoms with Crippen LogP contribution in [0.3, 0.4) is 0 Å². The highest BCUT2D eigenvalue weighted by atomic mass is 19.1. The predicted molar refractivity (Wildman–Crippen MR) is 67.2 cm³/mol. The lowest BCUT2D eigenvalue weighted by Gasteiger charge is -2.26. The fourth-order valence-electron chi connectivity index (χ4n) is 2.41. The quantitative estimate of drug-likeness (QED) is 0.798. The third-order valence-corrected chi connectivity index (χ3v) is 3.33. The standard InChI is InChI=1S/C15H11FO3/c1-8-6-11(18)15-13(14(8)16)10(7-17)9-4-2-3-5-12(9)19-15/h2-7,10,18H,1H3. The first-order valence-corrected chi connectivity index (χ1v) is 5.87. The van der Waals surface area contributed by atoms with Crippen molar-refractivity contribution in [1.29, 1.82) is 0 Å². The highest BCUT2D eigenvalue weighted by Crippen LogP contribution is 2.48. The summed E-state index contributed by atoms with van der Waals surface area (Å²) < 4.78 is 19.8. The molecule has 1 N–H and O–H groups in total. The zero-order valence-corrected chi connectivity index (χ0v) is 10.2. The number of halogens is 1. The van der Waals surface area contributed by atoms with Crippen molar-refractivity contribution in [3.8, 4) is 17.2 Å². The molecule has 1 aliphatic heterocycles. The summed E-state index contributed by atoms with van der Waals surface area (Å²) in [7, 11) is 0. The molecule has 1 atom stereocenters. The summed E-state index contributed by atoms with van der Waals surface area (Å²) in [5, 5.41) is 9.89. The lowest BCUT2D eigenvalue weighted by Crippen LogP contribution is -2.14. The van der Waals surface area contributed by atoms with E-state index in [1.54, 1.807) is 24.3 Å². The number of carbonyl (C=O) groups is 1. The van der Waals surface area contributed by atoms with Crippen molar-refractivity contribution >= 4 is 6.29 Å². The molecule has 0 saturated heterocycles. The van der Waals surface area contributed by atoms with Gasteiger partial charge in [0.1, 0.15) is 17.9 Å². The summed E-state index contributed by atoms with van der Waals surface area (Å²) >= 11 is 0. The number of benzene rings is 2. The third-order valence-electron chi connectivity index (χ3n) is 3.33. The molecule has 96 valence electrons. The van der Waals surface area contributed by atoms with Crippen molar-refractivity contribution in [1.82, 2.24) is 0 Å². The van der Waals surface area contributed by atoms with Crippen molar-refractivity contribution in [3.05, 3.63) is 52.8 Å². The minimum atomic E-state index is -0.759. The van der Waals surface area contributed by atoms with Crippen LogP contribution in [0.5, 0.6) is 17.2 Å². The molecule has 0 aliphatic carbocycles. The molecular weight excluding hydrogens is 247 g/mol. The fraction of sp³-hybridized carbons (Fsp3) is 0.133. The van der Waals surface area contributed by atoms with E-state index in [2.05, 4.69) is 0 Å². The number of phenols is 1. The minimum Gasteiger partial charge on any atom is -0.504 e. The normalized spacial score (nSPS) is 16.2. The van der Waals surface area contributed by atoms with E-state index in [-0.39, 0.29) is 22.6 Å². The number of carbonyl (C=O) groups excluding carboxylic acids is 1. The van der Waals surface area contributed by atoms with Crippen LogP contribution in [-0.4, -0.2) is 11.4 Å². The maximum atomic E-state index is 14.2. The number of aromatic hydroxyl groups is 1. The van der Waals surface area contributed by atoms with Crippen LogP contribution in [-0.2, 0) is 4.79 Å². The zero-order valence-electron chi connectivity index (χ0n) is 10.2. The Hall–Kier alpha value is -2.36. The van der Waals surface area contributed by atoms with Gasteiger partial charge in [0.05, 0.1) is 5.92 Å². The average molecular weight is 258 g/mol. The van der Waals surface area contributed by atoms with Gasteiger partial charge in [-0.05, 0) is 24.6 Å². The lowest BCUT2D eigenvalue weighted by molar-refractivity contribution is -0.108. The molecule has 19 heavy (non-hydrogen) atoms. The van der Waals surface area contributed by atoms with E-state index in [1.165, 1.54) is 13.0 Å². The van der Waals surface area contributed by atoms with Crippen LogP contribution in [0.15, 0.2) is 30.3 Å². The number of rotatable bonds is 1. The van der Waals surface area contributed by atoms with Crippen molar-refractivity contribution < 1.29 is 19.0 Å². The second kappa shape index (κ2) is 4.09. The Labute approximate surface area is 109 Å². The van der Waals surface area contributed by atoms with Gasteiger partial charge in [-0.2, -0.15) is 0 Å². The smallest absolute Gasteiger partial charge is 0.176 e. The second-order valence-corrected chi connectivity index (χ2v) is 4.52. The summed E-state index contributed by atoms with van der Waals surface area (Å²) in [5.41, 5.74) is 0.992. The van der Waals surface area contributed by atoms with E-state index in [9.17, 15) is 14.3 Å². The number of para-hydroxylation sites is 1. The van der Waals surface area contributed by atoms with Crippen molar-refractivity contribution in [2.24, 2.45) is 0 Å². The van der Waals surface area contributed by atoms with Crippen LogP contribution in [0.4, 0.5) is 4.39 Å². The molecular formula is C15H11FO3. The van der Waals surface area contributed by atoms with Crippen LogP contribution in [0.1, 0.15) is 22.6 Å². The molecule has 3 rings (SSSR count). The van der Waals surface area contributed by atoms with Crippen molar-refractivity contribution in [2.75, 3.05) is 0 Å². The summed E-state index contributed by atoms with van der Waals surface area (Å²) in [5.74, 6) is -0.940. The topological polar surface area (TPSA) is 46.5 Å². The number of ether oxygens (including phenoxy) is 1. The van der Waals surface area contributed by atoms with Gasteiger partial charge in [0, 0.05) is 11.1 Å². The Bertz CT molecular complexity index is 679. The van der Waals surface area contributed by atoms with E-state index in [1.807, 2.05) is 0 Å². The van der Waals surface area contributed by atoms with Gasteiger partial charge in [-0.15, -0.1) is 0 Å². The molecule has 1 unspecified atom stereocenters. The molecule has 2 aromatic carbocycles. The maximum absolute atomic E-state index is 14.2. The third kappa shape index (κ3) is 1.60. The van der Waals surface area contributed by atoms with Crippen LogP contribution < -0.4 is 4.74 Å². The van der Waals surface area contributed by atoms with Crippen LogP contribution in [0, 0.1) is 12.7 Å². The lowest BCUT2D eigenvalue weighted by atomic mass is 9.87. The molecule has 0 bridgehead atoms. The Balaban J connectivity index is 2.33. The molecule has 0 fully saturated rings. The molecule has 0 radical (unpaired) electrons. The summed E-state index contributed by atoms with van der Waals surface area (Å²) in [6.07, 6.45) is 0.669. The molecule has 0 aromatic heterocycles. The molecule has 1 aliphatic rings. The van der Waals surface area contributed by atoms with E-state index < -0.39 is 11.7 Å². The van der Waals surface area contributed by atoms with Gasteiger partial charge >= 0.3 is 0 Å². The molecule has 0 saturated carbocycles. The van der Waals surface area contributed by atoms with Gasteiger partial charge in [0.2, 0.25) is 0 Å². The van der Waals surface area contributed by atoms with E-state index in [4.69, 9.17) is 4.74 Å². The summed E-state index contributed by atoms with van der Waals surface area (Å²) in [6.45, 7) is 1.54. The monoisotopic (exact) mass is 258 g/mol. The van der Waals surface area contributed by atoms with Crippen LogP contribution in [0.25, 0.3) is 0 Å². The van der Waals surface area contributed by atoms with Gasteiger partial charge in [-0.3, -0.25) is 0 Å². The Kier molecular flexibility index (Phi) is 2.52. The first-order chi connectivity index (χ1) is 9.13. The molecule has 4 heteroatoms. The molecule has 2 aromatic rings. The fourth-order valence-corrected chi connectivity index (χ4v) is 2.41. The minimum absolute atomic E-state index is 0.0268. The van der Waals surface area contributed by atoms with Gasteiger partial charge in [-0.1, -0.05) is 18.2 Å². The van der Waals surface area contributed by atoms with Crippen molar-refractivity contribution in [3.63, 3.8) is 0 Å². The molecule has 3 nitrogen and oxygen atoms in total. The van der Waals surface area contributed by atoms with E-state index in [0.717, 1.165) is 0 Å². The second-order valence-electron chi connectivity index (χ2n) is 4.52. The number of fused-ring (bicyclic) bond motifs is 2. The van der Waals surface area contributed by atoms with Crippen LogP contribution >= 0.6 is 0 Å². The number of aldehydes is 1. The van der Waals surface area contributed by atoms with Gasteiger partial charge in [-0.25, -0.2) is 4.39 Å². The first-order valence-electron chi connectivity index (χ1n) is 5.87. The number of hydrogen-bond donors (Lipinski definition) is 1. The summed E-state index contributed by atoms with van der Waals surface area (Å²) in [6, 6.07) is 8.22. The summed E-state index contributed by atoms with van der Waals surface area (Å²) in [4.78, 5) is 11.4. The van der Waals surface area contributed by atoms with E-state index in [0.29, 0.717) is 17.6 Å². The molecule has 0 spiro atoms. The average Bonchev–Trinajstić information content (AvgIpc) is 2.42. The van der Waals surface area contributed by atoms with E-state index >= 15 is 0 Å². The number of phenolic OH excluding ortho intramolecular Hbond substituents is 1. The molecule has 0 amide bonds. The first kappa shape index (κ1) is 11.7. The predicted octanol–water partition coefficient (Wildman–Crippen LogP) is 3.28.